The van der Waals surface area contributed by atoms with Gasteiger partial charge in [-0.3, -0.25) is 4.79 Å². The molecule has 0 bridgehead atoms. The number of ether oxygens (including phenoxy) is 2. The van der Waals surface area contributed by atoms with Crippen LogP contribution in [0.4, 0.5) is 0 Å². The van der Waals surface area contributed by atoms with Crippen molar-refractivity contribution in [3.8, 4) is 17.2 Å². The van der Waals surface area contributed by atoms with Crippen LogP contribution in [0.1, 0.15) is 21.5 Å². The van der Waals surface area contributed by atoms with Gasteiger partial charge < -0.3 is 23.9 Å². The fourth-order valence-corrected chi connectivity index (χ4v) is 2.97. The van der Waals surface area contributed by atoms with Crippen molar-refractivity contribution in [2.45, 2.75) is 6.54 Å². The van der Waals surface area contributed by atoms with Gasteiger partial charge in [-0.1, -0.05) is 0 Å². The summed E-state index contributed by atoms with van der Waals surface area (Å²) in [4.78, 5) is 15.0. The molecule has 0 amide bonds. The molecule has 0 fully saturated rings. The minimum Gasteiger partial charge on any atom is -0.508 e. The molecule has 2 aromatic carbocycles. The maximum absolute atomic E-state index is 13.1. The molecule has 0 spiro atoms. The van der Waals surface area contributed by atoms with Gasteiger partial charge in [0.15, 0.2) is 17.3 Å². The topological polar surface area (TPSA) is 72.1 Å². The van der Waals surface area contributed by atoms with Crippen LogP contribution in [0.3, 0.4) is 0 Å². The Bertz CT molecular complexity index is 958. The van der Waals surface area contributed by atoms with Crippen LogP contribution in [-0.4, -0.2) is 44.1 Å². The zero-order valence-electron chi connectivity index (χ0n) is 15.2. The molecule has 0 aliphatic rings. The number of carbonyl (C=O) groups excluding carboxylic acids is 1. The second-order valence-corrected chi connectivity index (χ2v) is 6.22. The Morgan fingerprint density at radius 1 is 1.12 bits per heavy atom. The van der Waals surface area contributed by atoms with E-state index in [-0.39, 0.29) is 11.5 Å². The van der Waals surface area contributed by atoms with Gasteiger partial charge in [0.1, 0.15) is 17.6 Å². The maximum Gasteiger partial charge on any atom is 0.197 e. The average molecular weight is 355 g/mol. The van der Waals surface area contributed by atoms with Gasteiger partial charge in [0.05, 0.1) is 19.8 Å². The molecule has 6 heteroatoms. The van der Waals surface area contributed by atoms with Crippen LogP contribution in [0.25, 0.3) is 11.0 Å². The number of phenolic OH excluding ortho intramolecular Hbond substituents is 1. The van der Waals surface area contributed by atoms with E-state index in [2.05, 4.69) is 0 Å². The lowest BCUT2D eigenvalue weighted by Gasteiger charge is -2.13. The first-order valence-corrected chi connectivity index (χ1v) is 8.09. The molecule has 3 rings (SSSR count). The van der Waals surface area contributed by atoms with Crippen molar-refractivity contribution in [3.05, 3.63) is 53.3 Å². The average Bonchev–Trinajstić information content (AvgIpc) is 3.06. The Kier molecular flexibility index (Phi) is 4.86. The number of aromatic hydroxyl groups is 1. The molecule has 0 aliphatic carbocycles. The van der Waals surface area contributed by atoms with Crippen molar-refractivity contribution < 1.29 is 23.8 Å². The van der Waals surface area contributed by atoms with Gasteiger partial charge in [0.25, 0.3) is 0 Å². The summed E-state index contributed by atoms with van der Waals surface area (Å²) in [5, 5.41) is 10.9. The number of phenols is 1. The monoisotopic (exact) mass is 355 g/mol. The molecule has 6 nitrogen and oxygen atoms in total. The Balaban J connectivity index is 2.13. The highest BCUT2D eigenvalue weighted by Crippen LogP contribution is 2.34. The molecule has 1 N–H and O–H groups in total. The highest BCUT2D eigenvalue weighted by molar-refractivity contribution is 6.17. The molecule has 0 saturated heterocycles. The first-order chi connectivity index (χ1) is 12.5. The van der Waals surface area contributed by atoms with Gasteiger partial charge in [0, 0.05) is 23.1 Å². The number of methoxy groups -OCH3 is 2. The molecule has 0 aliphatic heterocycles. The fraction of sp³-hybridized carbons (Fsp3) is 0.250. The lowest BCUT2D eigenvalue weighted by molar-refractivity contribution is 0.103. The predicted molar refractivity (Wildman–Crippen MR) is 98.2 cm³/mol. The third-order valence-electron chi connectivity index (χ3n) is 4.19. The van der Waals surface area contributed by atoms with E-state index < -0.39 is 0 Å². The Hall–Kier alpha value is -2.99. The van der Waals surface area contributed by atoms with Crippen LogP contribution in [0, 0.1) is 0 Å². The van der Waals surface area contributed by atoms with Crippen LogP contribution in [0.2, 0.25) is 0 Å². The van der Waals surface area contributed by atoms with E-state index >= 15 is 0 Å². The second-order valence-electron chi connectivity index (χ2n) is 6.22. The SMILES string of the molecule is COc1ccc(C(=O)c2coc3ccc(O)c(CN(C)C)c23)cc1OC. The van der Waals surface area contributed by atoms with Crippen LogP contribution in [-0.2, 0) is 6.54 Å². The number of hydrogen-bond acceptors (Lipinski definition) is 6. The van der Waals surface area contributed by atoms with Crippen molar-refractivity contribution >= 4 is 16.8 Å². The number of nitrogens with zero attached hydrogens (tertiary/aromatic N) is 1. The highest BCUT2D eigenvalue weighted by atomic mass is 16.5. The van der Waals surface area contributed by atoms with Crippen molar-refractivity contribution in [3.63, 3.8) is 0 Å². The van der Waals surface area contributed by atoms with Crippen LogP contribution >= 0.6 is 0 Å². The first kappa shape index (κ1) is 17.8. The third-order valence-corrected chi connectivity index (χ3v) is 4.19. The van der Waals surface area contributed by atoms with Crippen molar-refractivity contribution in [2.75, 3.05) is 28.3 Å². The normalized spacial score (nSPS) is 11.1. The first-order valence-electron chi connectivity index (χ1n) is 8.09. The molecule has 0 unspecified atom stereocenters. The molecule has 3 aromatic rings. The van der Waals surface area contributed by atoms with Gasteiger partial charge in [-0.15, -0.1) is 0 Å². The zero-order valence-corrected chi connectivity index (χ0v) is 15.2. The Morgan fingerprint density at radius 3 is 2.50 bits per heavy atom. The van der Waals surface area contributed by atoms with Gasteiger partial charge in [-0.2, -0.15) is 0 Å². The molecular weight excluding hydrogens is 334 g/mol. The van der Waals surface area contributed by atoms with E-state index in [1.54, 1.807) is 37.4 Å². The quantitative estimate of drug-likeness (QED) is 0.683. The van der Waals surface area contributed by atoms with Crippen molar-refractivity contribution in [2.24, 2.45) is 0 Å². The summed E-state index contributed by atoms with van der Waals surface area (Å²) in [7, 11) is 6.86. The van der Waals surface area contributed by atoms with Crippen LogP contribution < -0.4 is 9.47 Å². The van der Waals surface area contributed by atoms with Crippen molar-refractivity contribution in [1.29, 1.82) is 0 Å². The molecule has 136 valence electrons. The molecule has 26 heavy (non-hydrogen) atoms. The van der Waals surface area contributed by atoms with Gasteiger partial charge in [-0.05, 0) is 44.4 Å². The number of furan rings is 1. The van der Waals surface area contributed by atoms with E-state index in [4.69, 9.17) is 13.9 Å². The van der Waals surface area contributed by atoms with E-state index in [0.717, 1.165) is 0 Å². The van der Waals surface area contributed by atoms with E-state index in [9.17, 15) is 9.90 Å². The molecule has 0 radical (unpaired) electrons. The Labute approximate surface area is 151 Å². The third kappa shape index (κ3) is 3.11. The summed E-state index contributed by atoms with van der Waals surface area (Å²) in [6, 6.07) is 8.24. The fourth-order valence-electron chi connectivity index (χ4n) is 2.97. The number of fused-ring (bicyclic) bond motifs is 1. The Morgan fingerprint density at radius 2 is 1.85 bits per heavy atom. The summed E-state index contributed by atoms with van der Waals surface area (Å²) < 4.78 is 16.1. The predicted octanol–water partition coefficient (Wildman–Crippen LogP) is 3.45. The summed E-state index contributed by atoms with van der Waals surface area (Å²) >= 11 is 0. The largest absolute Gasteiger partial charge is 0.508 e. The number of ketones is 1. The minimum atomic E-state index is -0.213. The summed E-state index contributed by atoms with van der Waals surface area (Å²) in [6.45, 7) is 0.481. The van der Waals surface area contributed by atoms with Gasteiger partial charge in [0.2, 0.25) is 0 Å². The molecule has 1 heterocycles. The number of hydrogen-bond donors (Lipinski definition) is 1. The van der Waals surface area contributed by atoms with E-state index in [1.165, 1.54) is 13.4 Å². The lowest BCUT2D eigenvalue weighted by atomic mass is 9.98. The van der Waals surface area contributed by atoms with Crippen LogP contribution in [0.15, 0.2) is 41.0 Å². The maximum atomic E-state index is 13.1. The second kappa shape index (κ2) is 7.09. The van der Waals surface area contributed by atoms with Crippen molar-refractivity contribution in [1.82, 2.24) is 4.90 Å². The number of carbonyl (C=O) groups is 1. The summed E-state index contributed by atoms with van der Waals surface area (Å²) in [5.41, 5.74) is 2.07. The minimum absolute atomic E-state index is 0.133. The summed E-state index contributed by atoms with van der Waals surface area (Å²) in [6.07, 6.45) is 1.43. The van der Waals surface area contributed by atoms with Crippen LogP contribution in [0.5, 0.6) is 17.2 Å². The molecular formula is C20H21NO5. The molecule has 0 saturated carbocycles. The lowest BCUT2D eigenvalue weighted by Crippen LogP contribution is -2.12. The van der Waals surface area contributed by atoms with Gasteiger partial charge in [-0.25, -0.2) is 0 Å². The number of benzene rings is 2. The molecule has 0 atom stereocenters. The van der Waals surface area contributed by atoms with E-state index in [0.29, 0.717) is 45.7 Å². The zero-order chi connectivity index (χ0) is 18.8. The number of rotatable bonds is 6. The smallest absolute Gasteiger partial charge is 0.197 e. The van der Waals surface area contributed by atoms with Gasteiger partial charge >= 0.3 is 0 Å². The molecule has 1 aromatic heterocycles. The van der Waals surface area contributed by atoms with E-state index in [1.807, 2.05) is 19.0 Å². The highest BCUT2D eigenvalue weighted by Gasteiger charge is 2.21. The standard InChI is InChI=1S/C20H21NO5/c1-21(2)10-13-15(22)6-8-17-19(13)14(11-26-17)20(23)12-5-7-16(24-3)18(9-12)25-4/h5-9,11,22H,10H2,1-4H3. The summed E-state index contributed by atoms with van der Waals surface area (Å²) in [5.74, 6) is 0.943.